The van der Waals surface area contributed by atoms with Gasteiger partial charge in [0.25, 0.3) is 10.0 Å². The second kappa shape index (κ2) is 15.2. The number of hydrogen-bond acceptors (Lipinski definition) is 4. The number of aryl methyl sites for hydroxylation is 1. The maximum absolute atomic E-state index is 14.5. The molecule has 1 atom stereocenters. The molecule has 10 heteroatoms. The Morgan fingerprint density at radius 3 is 2.14 bits per heavy atom. The Balaban J connectivity index is 1.80. The Hall–Kier alpha value is -3.85. The molecule has 0 radical (unpaired) electrons. The Bertz CT molecular complexity index is 1680. The molecule has 4 rings (SSSR count). The Morgan fingerprint density at radius 1 is 0.818 bits per heavy atom. The highest BCUT2D eigenvalue weighted by Crippen LogP contribution is 2.28. The van der Waals surface area contributed by atoms with Crippen LogP contribution in [0.25, 0.3) is 0 Å². The van der Waals surface area contributed by atoms with Gasteiger partial charge in [0.05, 0.1) is 10.6 Å². The molecule has 0 heterocycles. The molecule has 230 valence electrons. The van der Waals surface area contributed by atoms with Crippen LogP contribution in [-0.4, -0.2) is 44.3 Å². The quantitative estimate of drug-likeness (QED) is 0.175. The average molecular weight is 653 g/mol. The highest BCUT2D eigenvalue weighted by molar-refractivity contribution is 7.92. The summed E-state index contributed by atoms with van der Waals surface area (Å²) in [5, 5.41) is 3.81. The van der Waals surface area contributed by atoms with Crippen LogP contribution in [0.15, 0.2) is 108 Å². The fourth-order valence-corrected chi connectivity index (χ4v) is 6.66. The van der Waals surface area contributed by atoms with Crippen molar-refractivity contribution < 1.29 is 18.0 Å². The van der Waals surface area contributed by atoms with Crippen LogP contribution in [0.5, 0.6) is 0 Å². The smallest absolute Gasteiger partial charge is 0.264 e. The number of amides is 2. The lowest BCUT2D eigenvalue weighted by atomic mass is 10.0. The minimum absolute atomic E-state index is 0.0131. The van der Waals surface area contributed by atoms with Gasteiger partial charge in [-0.15, -0.1) is 0 Å². The van der Waals surface area contributed by atoms with Gasteiger partial charge in [0.15, 0.2) is 0 Å². The van der Waals surface area contributed by atoms with Crippen LogP contribution in [-0.2, 0) is 32.6 Å². The van der Waals surface area contributed by atoms with E-state index in [0.29, 0.717) is 39.8 Å². The van der Waals surface area contributed by atoms with Gasteiger partial charge in [-0.3, -0.25) is 13.9 Å². The summed E-state index contributed by atoms with van der Waals surface area (Å²) in [6.07, 6.45) is 0.948. The van der Waals surface area contributed by atoms with E-state index in [9.17, 15) is 18.0 Å². The number of carbonyl (C=O) groups is 2. The van der Waals surface area contributed by atoms with Crippen LogP contribution in [0.1, 0.15) is 30.0 Å². The summed E-state index contributed by atoms with van der Waals surface area (Å²) in [5.41, 5.74) is 2.59. The van der Waals surface area contributed by atoms with Gasteiger partial charge < -0.3 is 10.2 Å². The number of para-hydroxylation sites is 1. The van der Waals surface area contributed by atoms with Crippen LogP contribution in [0.2, 0.25) is 10.0 Å². The van der Waals surface area contributed by atoms with Crippen molar-refractivity contribution in [3.8, 4) is 0 Å². The lowest BCUT2D eigenvalue weighted by molar-refractivity contribution is -0.140. The van der Waals surface area contributed by atoms with Crippen LogP contribution < -0.4 is 9.62 Å². The maximum atomic E-state index is 14.5. The van der Waals surface area contributed by atoms with Crippen molar-refractivity contribution >= 4 is 50.7 Å². The molecule has 4 aromatic carbocycles. The zero-order valence-corrected chi connectivity index (χ0v) is 26.9. The summed E-state index contributed by atoms with van der Waals surface area (Å²) >= 11 is 12.3. The van der Waals surface area contributed by atoms with Crippen molar-refractivity contribution in [2.75, 3.05) is 17.4 Å². The summed E-state index contributed by atoms with van der Waals surface area (Å²) in [6, 6.07) is 28.3. The Kier molecular flexibility index (Phi) is 11.4. The summed E-state index contributed by atoms with van der Waals surface area (Å²) in [5.74, 6) is -0.868. The van der Waals surface area contributed by atoms with Gasteiger partial charge >= 0.3 is 0 Å². The Morgan fingerprint density at radius 2 is 1.48 bits per heavy atom. The average Bonchev–Trinajstić information content (AvgIpc) is 3.01. The number of rotatable bonds is 13. The van der Waals surface area contributed by atoms with Crippen molar-refractivity contribution in [3.63, 3.8) is 0 Å². The highest BCUT2D eigenvalue weighted by atomic mass is 35.5. The van der Waals surface area contributed by atoms with Crippen LogP contribution in [0.3, 0.4) is 0 Å². The van der Waals surface area contributed by atoms with E-state index in [2.05, 4.69) is 5.32 Å². The van der Waals surface area contributed by atoms with E-state index >= 15 is 0 Å². The van der Waals surface area contributed by atoms with Gasteiger partial charge in [-0.05, 0) is 72.5 Å². The minimum Gasteiger partial charge on any atom is -0.354 e. The van der Waals surface area contributed by atoms with Gasteiger partial charge in [-0.25, -0.2) is 8.42 Å². The number of carbonyl (C=O) groups excluding carboxylic acids is 2. The Labute approximate surface area is 269 Å². The van der Waals surface area contributed by atoms with Gasteiger partial charge in [-0.2, -0.15) is 0 Å². The fraction of sp³-hybridized carbons (Fsp3) is 0.235. The predicted molar refractivity (Wildman–Crippen MR) is 176 cm³/mol. The molecular weight excluding hydrogens is 617 g/mol. The largest absolute Gasteiger partial charge is 0.354 e. The van der Waals surface area contributed by atoms with E-state index in [4.69, 9.17) is 23.2 Å². The van der Waals surface area contributed by atoms with E-state index in [1.807, 2.05) is 43.3 Å². The standard InChI is InChI=1S/C34H35Cl2N3O4S/c1-3-20-37-34(41)32(22-26-11-5-4-6-12-26)38(23-27-13-9-14-29(36)21-27)33(40)24-39(31-15-8-7-10-25(31)2)44(42,43)30-18-16-28(35)17-19-30/h4-19,21,32H,3,20,22-24H2,1-2H3,(H,37,41). The van der Waals surface area contributed by atoms with Crippen molar-refractivity contribution in [2.45, 2.75) is 44.2 Å². The summed E-state index contributed by atoms with van der Waals surface area (Å²) in [4.78, 5) is 29.6. The molecule has 0 saturated carbocycles. The van der Waals surface area contributed by atoms with Crippen molar-refractivity contribution in [1.29, 1.82) is 0 Å². The summed E-state index contributed by atoms with van der Waals surface area (Å²) in [7, 11) is -4.22. The predicted octanol–water partition coefficient (Wildman–Crippen LogP) is 6.66. The first-order valence-corrected chi connectivity index (χ1v) is 16.5. The molecule has 0 saturated heterocycles. The van der Waals surface area contributed by atoms with Crippen LogP contribution in [0.4, 0.5) is 5.69 Å². The number of nitrogens with zero attached hydrogens (tertiary/aromatic N) is 2. The second-order valence-electron chi connectivity index (χ2n) is 10.4. The van der Waals surface area contributed by atoms with Crippen LogP contribution >= 0.6 is 23.2 Å². The number of hydrogen-bond donors (Lipinski definition) is 1. The lowest BCUT2D eigenvalue weighted by Crippen LogP contribution is -2.53. The minimum atomic E-state index is -4.22. The van der Waals surface area contributed by atoms with E-state index in [-0.39, 0.29) is 23.8 Å². The molecule has 0 aliphatic rings. The third-order valence-corrected chi connectivity index (χ3v) is 9.39. The number of anilines is 1. The molecule has 1 N–H and O–H groups in total. The molecule has 2 amide bonds. The highest BCUT2D eigenvalue weighted by Gasteiger charge is 2.35. The van der Waals surface area contributed by atoms with Crippen molar-refractivity contribution in [2.24, 2.45) is 0 Å². The van der Waals surface area contributed by atoms with E-state index < -0.39 is 28.5 Å². The van der Waals surface area contributed by atoms with E-state index in [1.165, 1.54) is 29.2 Å². The number of halogens is 2. The molecule has 0 spiro atoms. The first-order valence-electron chi connectivity index (χ1n) is 14.3. The van der Waals surface area contributed by atoms with E-state index in [0.717, 1.165) is 9.87 Å². The topological polar surface area (TPSA) is 86.8 Å². The van der Waals surface area contributed by atoms with Gasteiger partial charge in [-0.1, -0.05) is 90.8 Å². The number of nitrogens with one attached hydrogen (secondary N) is 1. The normalized spacial score (nSPS) is 11.9. The molecular formula is C34H35Cl2N3O4S. The third kappa shape index (κ3) is 8.40. The molecule has 44 heavy (non-hydrogen) atoms. The molecule has 1 unspecified atom stereocenters. The number of benzene rings is 4. The van der Waals surface area contributed by atoms with Gasteiger partial charge in [0, 0.05) is 29.6 Å². The molecule has 0 bridgehead atoms. The SMILES string of the molecule is CCCNC(=O)C(Cc1ccccc1)N(Cc1cccc(Cl)c1)C(=O)CN(c1ccccc1C)S(=O)(=O)c1ccc(Cl)cc1. The summed E-state index contributed by atoms with van der Waals surface area (Å²) in [6.45, 7) is 3.67. The van der Waals surface area contributed by atoms with E-state index in [1.54, 1.807) is 49.4 Å². The monoisotopic (exact) mass is 651 g/mol. The lowest BCUT2D eigenvalue weighted by Gasteiger charge is -2.34. The fourth-order valence-electron chi connectivity index (χ4n) is 4.84. The molecule has 4 aromatic rings. The third-order valence-electron chi connectivity index (χ3n) is 7.13. The molecule has 7 nitrogen and oxygen atoms in total. The molecule has 0 aromatic heterocycles. The first-order chi connectivity index (χ1) is 21.1. The van der Waals surface area contributed by atoms with Crippen molar-refractivity contribution in [3.05, 3.63) is 130 Å². The maximum Gasteiger partial charge on any atom is 0.264 e. The van der Waals surface area contributed by atoms with Crippen LogP contribution in [0, 0.1) is 6.92 Å². The van der Waals surface area contributed by atoms with Gasteiger partial charge in [0.1, 0.15) is 12.6 Å². The number of sulfonamides is 1. The zero-order valence-electron chi connectivity index (χ0n) is 24.6. The van der Waals surface area contributed by atoms with Gasteiger partial charge in [0.2, 0.25) is 11.8 Å². The zero-order chi connectivity index (χ0) is 31.7. The van der Waals surface area contributed by atoms with Crippen molar-refractivity contribution in [1.82, 2.24) is 10.2 Å². The summed E-state index contributed by atoms with van der Waals surface area (Å²) < 4.78 is 29.3. The molecule has 0 fully saturated rings. The molecule has 0 aliphatic heterocycles. The first kappa shape index (κ1) is 33.1. The molecule has 0 aliphatic carbocycles. The second-order valence-corrected chi connectivity index (χ2v) is 13.1.